The maximum Gasteiger partial charge on any atom is 0.306 e. The fourth-order valence-electron chi connectivity index (χ4n) is 11.4. The number of carbonyl (C=O) groups is 4. The van der Waals surface area contributed by atoms with Gasteiger partial charge in [-0.2, -0.15) is 0 Å². The van der Waals surface area contributed by atoms with Gasteiger partial charge in [0.2, 0.25) is 0 Å². The largest absolute Gasteiger partial charge is 0.463 e. The molecule has 1 saturated heterocycles. The Kier molecular flexibility index (Phi) is 55.9. The molecular weight excluding hydrogens is 985 g/mol. The van der Waals surface area contributed by atoms with Gasteiger partial charge >= 0.3 is 23.9 Å². The summed E-state index contributed by atoms with van der Waals surface area (Å²) < 4.78 is 30.7. The van der Waals surface area contributed by atoms with E-state index in [1.165, 1.54) is 250 Å². The Bertz CT molecular complexity index is 1340. The molecule has 466 valence electrons. The Hall–Kier alpha value is -2.16. The summed E-state index contributed by atoms with van der Waals surface area (Å²) in [7, 11) is 0. The van der Waals surface area contributed by atoms with Crippen LogP contribution in [0.3, 0.4) is 0 Å². The van der Waals surface area contributed by atoms with Crippen molar-refractivity contribution in [3.63, 3.8) is 0 Å². The summed E-state index contributed by atoms with van der Waals surface area (Å²) in [5, 5.41) is 0. The van der Waals surface area contributed by atoms with Crippen LogP contribution in [0.4, 0.5) is 0 Å². The molecule has 0 spiro atoms. The number of hydrogen-bond acceptors (Lipinski definition) is 9. The van der Waals surface area contributed by atoms with E-state index in [-0.39, 0.29) is 44.4 Å². The van der Waals surface area contributed by atoms with E-state index in [1.807, 2.05) is 0 Å². The predicted molar refractivity (Wildman–Crippen MR) is 332 cm³/mol. The zero-order valence-corrected chi connectivity index (χ0v) is 53.0. The Balaban J connectivity index is 2.90. The van der Waals surface area contributed by atoms with Crippen LogP contribution in [-0.4, -0.2) is 61.5 Å². The molecule has 1 fully saturated rings. The molecule has 1 rings (SSSR count). The summed E-state index contributed by atoms with van der Waals surface area (Å²) in [5.74, 6) is -1.49. The lowest BCUT2D eigenvalue weighted by molar-refractivity contribution is -0.233. The molecular formula is C70H132O9. The van der Waals surface area contributed by atoms with Gasteiger partial charge in [0.15, 0.2) is 18.3 Å². The Morgan fingerprint density at radius 3 is 0.759 bits per heavy atom. The highest BCUT2D eigenvalue weighted by atomic mass is 16.7. The average molecular weight is 1120 g/mol. The van der Waals surface area contributed by atoms with Crippen molar-refractivity contribution in [2.24, 2.45) is 0 Å². The fourth-order valence-corrected chi connectivity index (χ4v) is 11.4. The topological polar surface area (TPSA) is 114 Å². The van der Waals surface area contributed by atoms with E-state index in [4.69, 9.17) is 23.7 Å². The SMILES string of the molecule is CCCCCCCCCCCCCCCC(=O)OC[C@H]1OC[C@H](OC(=O)CCCCCCCCCCCCCCC)[C@@H](OC(=O)CCCCCCCCCCCCCCC)[C@@H]1OC(=O)CCCCCCCCCCCCCCC. The number of rotatable bonds is 61. The lowest BCUT2D eigenvalue weighted by atomic mass is 9.99. The van der Waals surface area contributed by atoms with E-state index in [1.54, 1.807) is 0 Å². The van der Waals surface area contributed by atoms with Crippen LogP contribution in [0.25, 0.3) is 0 Å². The van der Waals surface area contributed by atoms with Gasteiger partial charge < -0.3 is 23.7 Å². The number of carbonyl (C=O) groups excluding carboxylic acids is 4. The predicted octanol–water partition coefficient (Wildman–Crippen LogP) is 21.6. The second-order valence-electron chi connectivity index (χ2n) is 24.5. The van der Waals surface area contributed by atoms with Crippen molar-refractivity contribution in [3.05, 3.63) is 0 Å². The standard InChI is InChI=1S/C70H132O9/c1-5-9-13-17-21-25-29-33-37-41-45-49-53-57-65(71)76-61-63-69(78-67(73)59-55-51-47-43-39-35-31-27-23-19-15-11-7-3)70(79-68(74)60-56-52-48-44-40-36-32-28-24-20-16-12-8-4)64(62-75-63)77-66(72)58-54-50-46-42-38-34-30-26-22-18-14-10-6-2/h63-64,69-70H,5-62H2,1-4H3/t63-,64+,69-,70-/m1/s1. The fraction of sp³-hybridized carbons (Fsp3) is 0.943. The van der Waals surface area contributed by atoms with Gasteiger partial charge in [-0.05, 0) is 25.7 Å². The number of ether oxygens (including phenoxy) is 5. The average Bonchev–Trinajstić information content (AvgIpc) is 3.44. The van der Waals surface area contributed by atoms with Crippen LogP contribution in [0, 0.1) is 0 Å². The van der Waals surface area contributed by atoms with Gasteiger partial charge in [-0.1, -0.05) is 336 Å². The summed E-state index contributed by atoms with van der Waals surface area (Å²) >= 11 is 0. The van der Waals surface area contributed by atoms with Crippen molar-refractivity contribution in [1.29, 1.82) is 0 Å². The number of hydrogen-bond donors (Lipinski definition) is 0. The van der Waals surface area contributed by atoms with Gasteiger partial charge in [0.25, 0.3) is 0 Å². The highest BCUT2D eigenvalue weighted by Gasteiger charge is 2.48. The van der Waals surface area contributed by atoms with Crippen LogP contribution in [-0.2, 0) is 42.9 Å². The highest BCUT2D eigenvalue weighted by molar-refractivity contribution is 5.72. The van der Waals surface area contributed by atoms with E-state index in [9.17, 15) is 19.2 Å². The smallest absolute Gasteiger partial charge is 0.306 e. The Morgan fingerprint density at radius 2 is 0.494 bits per heavy atom. The van der Waals surface area contributed by atoms with Crippen molar-refractivity contribution in [2.75, 3.05) is 13.2 Å². The van der Waals surface area contributed by atoms with Gasteiger partial charge in [0.1, 0.15) is 12.7 Å². The minimum Gasteiger partial charge on any atom is -0.463 e. The second kappa shape index (κ2) is 59.0. The van der Waals surface area contributed by atoms with Gasteiger partial charge in [0, 0.05) is 25.7 Å². The van der Waals surface area contributed by atoms with Crippen LogP contribution in [0.5, 0.6) is 0 Å². The third kappa shape index (κ3) is 49.0. The maximum absolute atomic E-state index is 13.7. The normalized spacial score (nSPS) is 16.3. The zero-order valence-electron chi connectivity index (χ0n) is 53.0. The van der Waals surface area contributed by atoms with Gasteiger partial charge in [0.05, 0.1) is 6.61 Å². The first-order chi connectivity index (χ1) is 38.9. The van der Waals surface area contributed by atoms with Gasteiger partial charge in [-0.3, -0.25) is 19.2 Å². The maximum atomic E-state index is 13.7. The molecule has 1 heterocycles. The van der Waals surface area contributed by atoms with Crippen molar-refractivity contribution in [1.82, 2.24) is 0 Å². The van der Waals surface area contributed by atoms with Crippen LogP contribution in [0.2, 0.25) is 0 Å². The molecule has 0 bridgehead atoms. The molecule has 9 nitrogen and oxygen atoms in total. The molecule has 0 N–H and O–H groups in total. The molecule has 0 aromatic rings. The molecule has 0 aliphatic carbocycles. The summed E-state index contributed by atoms with van der Waals surface area (Å²) in [4.78, 5) is 54.1. The molecule has 1 aliphatic heterocycles. The summed E-state index contributed by atoms with van der Waals surface area (Å²) in [5.41, 5.74) is 0. The Labute approximate surface area is 489 Å². The molecule has 9 heteroatoms. The van der Waals surface area contributed by atoms with Crippen LogP contribution < -0.4 is 0 Å². The third-order valence-electron chi connectivity index (χ3n) is 16.7. The molecule has 0 aromatic heterocycles. The van der Waals surface area contributed by atoms with E-state index >= 15 is 0 Å². The van der Waals surface area contributed by atoms with E-state index < -0.39 is 36.4 Å². The lowest BCUT2D eigenvalue weighted by Crippen LogP contribution is -2.59. The van der Waals surface area contributed by atoms with Gasteiger partial charge in [-0.15, -0.1) is 0 Å². The lowest BCUT2D eigenvalue weighted by Gasteiger charge is -2.40. The van der Waals surface area contributed by atoms with Gasteiger partial charge in [-0.25, -0.2) is 0 Å². The minimum atomic E-state index is -1.09. The van der Waals surface area contributed by atoms with Crippen molar-refractivity contribution >= 4 is 23.9 Å². The van der Waals surface area contributed by atoms with Crippen molar-refractivity contribution in [3.8, 4) is 0 Å². The van der Waals surface area contributed by atoms with Crippen LogP contribution in [0.1, 0.15) is 387 Å². The molecule has 79 heavy (non-hydrogen) atoms. The Morgan fingerprint density at radius 1 is 0.278 bits per heavy atom. The minimum absolute atomic E-state index is 0.0466. The van der Waals surface area contributed by atoms with Crippen LogP contribution in [0.15, 0.2) is 0 Å². The summed E-state index contributed by atoms with van der Waals surface area (Å²) in [6.07, 6.45) is 60.3. The summed E-state index contributed by atoms with van der Waals surface area (Å²) in [6.45, 7) is 8.87. The molecule has 0 radical (unpaired) electrons. The number of esters is 4. The molecule has 0 amide bonds. The third-order valence-corrected chi connectivity index (χ3v) is 16.7. The first-order valence-electron chi connectivity index (χ1n) is 35.2. The van der Waals surface area contributed by atoms with E-state index in [2.05, 4.69) is 27.7 Å². The molecule has 0 saturated carbocycles. The monoisotopic (exact) mass is 1120 g/mol. The van der Waals surface area contributed by atoms with Crippen molar-refractivity contribution in [2.45, 2.75) is 412 Å². The highest BCUT2D eigenvalue weighted by Crippen LogP contribution is 2.28. The first kappa shape index (κ1) is 74.9. The van der Waals surface area contributed by atoms with Crippen LogP contribution >= 0.6 is 0 Å². The number of unbranched alkanes of at least 4 members (excludes halogenated alkanes) is 48. The molecule has 0 aromatic carbocycles. The molecule has 1 aliphatic rings. The van der Waals surface area contributed by atoms with Crippen molar-refractivity contribution < 1.29 is 42.9 Å². The molecule has 4 atom stereocenters. The van der Waals surface area contributed by atoms with E-state index in [0.717, 1.165) is 70.6 Å². The quantitative estimate of drug-likeness (QED) is 0.0334. The second-order valence-corrected chi connectivity index (χ2v) is 24.5. The first-order valence-corrected chi connectivity index (χ1v) is 35.2. The summed E-state index contributed by atoms with van der Waals surface area (Å²) in [6, 6.07) is 0. The van der Waals surface area contributed by atoms with E-state index in [0.29, 0.717) is 19.3 Å². The molecule has 0 unspecified atom stereocenters. The zero-order chi connectivity index (χ0) is 57.2.